The molecular formula is C13H12O3. The molecule has 1 N–H and O–H groups in total. The number of benzene rings is 1. The van der Waals surface area contributed by atoms with Crippen LogP contribution < -0.4 is 0 Å². The van der Waals surface area contributed by atoms with Crippen molar-refractivity contribution in [2.24, 2.45) is 0 Å². The summed E-state index contributed by atoms with van der Waals surface area (Å²) >= 11 is 0. The lowest BCUT2D eigenvalue weighted by Gasteiger charge is -2.08. The van der Waals surface area contributed by atoms with Crippen LogP contribution in [0, 0.1) is 0 Å². The molecule has 0 unspecified atom stereocenters. The van der Waals surface area contributed by atoms with Gasteiger partial charge in [0, 0.05) is 22.9 Å². The van der Waals surface area contributed by atoms with Crippen molar-refractivity contribution in [1.29, 1.82) is 0 Å². The van der Waals surface area contributed by atoms with Gasteiger partial charge in [-0.05, 0) is 31.4 Å². The van der Waals surface area contributed by atoms with Crippen molar-refractivity contribution >= 4 is 17.3 Å². The quantitative estimate of drug-likeness (QED) is 0.746. The minimum atomic E-state index is 0.0639. The zero-order valence-corrected chi connectivity index (χ0v) is 8.82. The summed E-state index contributed by atoms with van der Waals surface area (Å²) in [4.78, 5) is 10.8. The fraction of sp³-hybridized carbons (Fsp3) is 0.308. The van der Waals surface area contributed by atoms with Gasteiger partial charge in [-0.3, -0.25) is 4.79 Å². The molecule has 3 nitrogen and oxygen atoms in total. The van der Waals surface area contributed by atoms with E-state index in [4.69, 9.17) is 4.42 Å². The van der Waals surface area contributed by atoms with E-state index < -0.39 is 0 Å². The number of rotatable bonds is 1. The minimum absolute atomic E-state index is 0.0639. The van der Waals surface area contributed by atoms with Crippen molar-refractivity contribution in [3.8, 4) is 5.75 Å². The van der Waals surface area contributed by atoms with Crippen molar-refractivity contribution in [3.05, 3.63) is 29.0 Å². The van der Waals surface area contributed by atoms with Crippen LogP contribution in [0.1, 0.15) is 34.5 Å². The second-order valence-electron chi connectivity index (χ2n) is 4.25. The van der Waals surface area contributed by atoms with E-state index in [0.29, 0.717) is 11.1 Å². The number of hydrogen-bond acceptors (Lipinski definition) is 3. The Morgan fingerprint density at radius 1 is 1.25 bits per heavy atom. The first-order valence-corrected chi connectivity index (χ1v) is 5.52. The van der Waals surface area contributed by atoms with Gasteiger partial charge in [-0.2, -0.15) is 0 Å². The molecule has 0 amide bonds. The zero-order chi connectivity index (χ0) is 11.1. The highest BCUT2D eigenvalue weighted by molar-refractivity contribution is 5.92. The van der Waals surface area contributed by atoms with E-state index in [0.717, 1.165) is 43.1 Å². The van der Waals surface area contributed by atoms with Gasteiger partial charge >= 0.3 is 0 Å². The van der Waals surface area contributed by atoms with Crippen LogP contribution in [0.5, 0.6) is 5.75 Å². The lowest BCUT2D eigenvalue weighted by Crippen LogP contribution is -1.98. The third-order valence-corrected chi connectivity index (χ3v) is 3.20. The molecule has 0 aliphatic heterocycles. The number of carbonyl (C=O) groups excluding carboxylic acids is 1. The Morgan fingerprint density at radius 3 is 2.88 bits per heavy atom. The van der Waals surface area contributed by atoms with Crippen molar-refractivity contribution in [2.45, 2.75) is 25.7 Å². The highest BCUT2D eigenvalue weighted by atomic mass is 16.4. The fourth-order valence-electron chi connectivity index (χ4n) is 2.43. The second-order valence-corrected chi connectivity index (χ2v) is 4.25. The third-order valence-electron chi connectivity index (χ3n) is 3.20. The average molecular weight is 216 g/mol. The molecule has 1 aromatic heterocycles. The summed E-state index contributed by atoms with van der Waals surface area (Å²) in [6, 6.07) is 3.25. The number of furan rings is 1. The van der Waals surface area contributed by atoms with Crippen molar-refractivity contribution < 1.29 is 14.3 Å². The molecule has 0 fully saturated rings. The lowest BCUT2D eigenvalue weighted by molar-refractivity contribution is 0.112. The monoisotopic (exact) mass is 216 g/mol. The number of fused-ring (bicyclic) bond motifs is 3. The van der Waals surface area contributed by atoms with Crippen LogP contribution in [0.4, 0.5) is 0 Å². The number of aromatic hydroxyl groups is 1. The summed E-state index contributed by atoms with van der Waals surface area (Å²) in [6.45, 7) is 0. The number of carbonyl (C=O) groups is 1. The maximum Gasteiger partial charge on any atom is 0.176 e. The number of hydrogen-bond donors (Lipinski definition) is 1. The van der Waals surface area contributed by atoms with E-state index in [2.05, 4.69) is 0 Å². The number of phenols is 1. The number of aldehydes is 1. The van der Waals surface area contributed by atoms with Crippen molar-refractivity contribution in [3.63, 3.8) is 0 Å². The summed E-state index contributed by atoms with van der Waals surface area (Å²) in [5.41, 5.74) is 2.19. The van der Waals surface area contributed by atoms with Crippen LogP contribution in [0.25, 0.3) is 11.0 Å². The smallest absolute Gasteiger partial charge is 0.176 e. The Kier molecular flexibility index (Phi) is 1.99. The van der Waals surface area contributed by atoms with Gasteiger partial charge in [-0.25, -0.2) is 0 Å². The zero-order valence-electron chi connectivity index (χ0n) is 8.82. The molecule has 1 aliphatic rings. The lowest BCUT2D eigenvalue weighted by atomic mass is 9.95. The standard InChI is InChI=1S/C13H12O3/c14-7-8-5-10-9-3-1-2-4-12(9)16-13(10)11(15)6-8/h5-7,15H,1-4H2. The van der Waals surface area contributed by atoms with E-state index in [1.54, 1.807) is 6.07 Å². The Balaban J connectivity index is 2.34. The molecule has 3 rings (SSSR count). The van der Waals surface area contributed by atoms with Gasteiger partial charge in [-0.15, -0.1) is 0 Å². The minimum Gasteiger partial charge on any atom is -0.504 e. The summed E-state index contributed by atoms with van der Waals surface area (Å²) in [7, 11) is 0. The molecular weight excluding hydrogens is 204 g/mol. The van der Waals surface area contributed by atoms with Gasteiger partial charge in [-0.1, -0.05) is 0 Å². The van der Waals surface area contributed by atoms with Gasteiger partial charge in [0.1, 0.15) is 12.0 Å². The fourth-order valence-corrected chi connectivity index (χ4v) is 2.43. The summed E-state index contributed by atoms with van der Waals surface area (Å²) in [6.07, 6.45) is 4.94. The van der Waals surface area contributed by atoms with Crippen molar-refractivity contribution in [2.75, 3.05) is 0 Å². The van der Waals surface area contributed by atoms with Crippen LogP contribution in [-0.4, -0.2) is 11.4 Å². The molecule has 1 aromatic carbocycles. The van der Waals surface area contributed by atoms with E-state index in [9.17, 15) is 9.90 Å². The second kappa shape index (κ2) is 3.37. The van der Waals surface area contributed by atoms with Gasteiger partial charge in [0.2, 0.25) is 0 Å². The first kappa shape index (κ1) is 9.46. The Hall–Kier alpha value is -1.77. The van der Waals surface area contributed by atoms with Gasteiger partial charge < -0.3 is 9.52 Å². The van der Waals surface area contributed by atoms with E-state index in [-0.39, 0.29) is 5.75 Å². The van der Waals surface area contributed by atoms with Crippen LogP contribution in [0.15, 0.2) is 16.5 Å². The van der Waals surface area contributed by atoms with Crippen LogP contribution in [-0.2, 0) is 12.8 Å². The molecule has 0 atom stereocenters. The normalized spacial score (nSPS) is 15.0. The predicted molar refractivity (Wildman–Crippen MR) is 59.9 cm³/mol. The van der Waals surface area contributed by atoms with E-state index >= 15 is 0 Å². The molecule has 1 aliphatic carbocycles. The van der Waals surface area contributed by atoms with Crippen LogP contribution in [0.3, 0.4) is 0 Å². The number of phenolic OH excluding ortho intramolecular Hbond substituents is 1. The molecule has 0 saturated carbocycles. The first-order chi connectivity index (χ1) is 7.79. The first-order valence-electron chi connectivity index (χ1n) is 5.52. The molecule has 0 radical (unpaired) electrons. The van der Waals surface area contributed by atoms with E-state index in [1.165, 1.54) is 11.6 Å². The maximum absolute atomic E-state index is 10.8. The van der Waals surface area contributed by atoms with E-state index in [1.807, 2.05) is 0 Å². The van der Waals surface area contributed by atoms with Gasteiger partial charge in [0.25, 0.3) is 0 Å². The molecule has 3 heteroatoms. The average Bonchev–Trinajstić information content (AvgIpc) is 2.68. The number of aryl methyl sites for hydroxylation is 2. The highest BCUT2D eigenvalue weighted by Gasteiger charge is 2.19. The summed E-state index contributed by atoms with van der Waals surface area (Å²) < 4.78 is 5.65. The SMILES string of the molecule is O=Cc1cc(O)c2oc3c(c2c1)CCCC3. The van der Waals surface area contributed by atoms with Gasteiger partial charge in [0.05, 0.1) is 0 Å². The molecule has 2 aromatic rings. The molecule has 1 heterocycles. The Morgan fingerprint density at radius 2 is 2.06 bits per heavy atom. The summed E-state index contributed by atoms with van der Waals surface area (Å²) in [5.74, 6) is 1.04. The topological polar surface area (TPSA) is 50.4 Å². The van der Waals surface area contributed by atoms with Crippen LogP contribution >= 0.6 is 0 Å². The molecule has 82 valence electrons. The third kappa shape index (κ3) is 1.24. The van der Waals surface area contributed by atoms with Gasteiger partial charge in [0.15, 0.2) is 11.3 Å². The predicted octanol–water partition coefficient (Wildman–Crippen LogP) is 2.83. The molecule has 0 bridgehead atoms. The van der Waals surface area contributed by atoms with Crippen molar-refractivity contribution in [1.82, 2.24) is 0 Å². The summed E-state index contributed by atoms with van der Waals surface area (Å²) in [5, 5.41) is 10.7. The molecule has 0 spiro atoms. The Labute approximate surface area is 92.7 Å². The molecule has 16 heavy (non-hydrogen) atoms. The highest BCUT2D eigenvalue weighted by Crippen LogP contribution is 2.36. The molecule has 0 saturated heterocycles. The largest absolute Gasteiger partial charge is 0.504 e. The Bertz CT molecular complexity index is 566. The maximum atomic E-state index is 10.8. The van der Waals surface area contributed by atoms with Crippen LogP contribution in [0.2, 0.25) is 0 Å².